The molecule has 2 nitrogen and oxygen atoms in total. The molecule has 0 spiro atoms. The van der Waals surface area contributed by atoms with Gasteiger partial charge < -0.3 is 4.85 Å². The lowest BCUT2D eigenvalue weighted by molar-refractivity contribution is 0.623. The van der Waals surface area contributed by atoms with Crippen LogP contribution in [0.4, 0.5) is 10.2 Å². The van der Waals surface area contributed by atoms with E-state index in [1.54, 1.807) is 18.3 Å². The summed E-state index contributed by atoms with van der Waals surface area (Å²) in [6.07, 6.45) is 1.56. The molecule has 0 unspecified atom stereocenters. The summed E-state index contributed by atoms with van der Waals surface area (Å²) in [6, 6.07) is 6.45. The fourth-order valence-corrected chi connectivity index (χ4v) is 2.80. The van der Waals surface area contributed by atoms with Crippen molar-refractivity contribution in [1.82, 2.24) is 4.98 Å². The maximum atomic E-state index is 13.7. The second-order valence-corrected chi connectivity index (χ2v) is 5.32. The Kier molecular flexibility index (Phi) is 3.96. The second kappa shape index (κ2) is 5.50. The zero-order chi connectivity index (χ0) is 14.0. The Labute approximate surface area is 120 Å². The van der Waals surface area contributed by atoms with Gasteiger partial charge in [-0.1, -0.05) is 20.4 Å². The maximum Gasteiger partial charge on any atom is 0.270 e. The third-order valence-corrected chi connectivity index (χ3v) is 3.74. The van der Waals surface area contributed by atoms with E-state index < -0.39 is 0 Å². The van der Waals surface area contributed by atoms with Gasteiger partial charge in [0.15, 0.2) is 0 Å². The molecule has 2 aromatic rings. The molecular weight excluding hydrogens is 307 g/mol. The van der Waals surface area contributed by atoms with Crippen molar-refractivity contribution in [3.8, 4) is 11.1 Å². The summed E-state index contributed by atoms with van der Waals surface area (Å²) in [5.41, 5.74) is 2.45. The molecule has 0 N–H and O–H groups in total. The number of benzene rings is 1. The van der Waals surface area contributed by atoms with Gasteiger partial charge >= 0.3 is 0 Å². The highest BCUT2D eigenvalue weighted by atomic mass is 79.9. The van der Waals surface area contributed by atoms with E-state index in [0.717, 1.165) is 21.2 Å². The van der Waals surface area contributed by atoms with Crippen LogP contribution in [-0.4, -0.2) is 4.98 Å². The van der Waals surface area contributed by atoms with Crippen LogP contribution in [0.1, 0.15) is 25.3 Å². The monoisotopic (exact) mass is 318 g/mol. The van der Waals surface area contributed by atoms with E-state index in [9.17, 15) is 4.39 Å². The SMILES string of the molecule is [C-]#[N+]c1cc(-c2cc(F)cc(C(C)C)c2Br)ccn1. The predicted octanol–water partition coefficient (Wildman–Crippen LogP) is 5.32. The quantitative estimate of drug-likeness (QED) is 0.684. The standard InChI is InChI=1S/C15H12BrFN2/c1-9(2)12-7-11(17)8-13(15(12)16)10-4-5-19-14(6-10)18-3/h4-9H,1-2H3. The van der Waals surface area contributed by atoms with E-state index in [-0.39, 0.29) is 11.7 Å². The van der Waals surface area contributed by atoms with Crippen LogP contribution in [0.15, 0.2) is 34.9 Å². The zero-order valence-corrected chi connectivity index (χ0v) is 12.2. The van der Waals surface area contributed by atoms with Crippen LogP contribution in [0.25, 0.3) is 16.0 Å². The van der Waals surface area contributed by atoms with E-state index in [0.29, 0.717) is 5.82 Å². The summed E-state index contributed by atoms with van der Waals surface area (Å²) in [6.45, 7) is 11.0. The molecule has 1 aromatic carbocycles. The first-order chi connectivity index (χ1) is 9.02. The molecule has 0 saturated carbocycles. The summed E-state index contributed by atoms with van der Waals surface area (Å²) < 4.78 is 14.6. The first-order valence-electron chi connectivity index (χ1n) is 5.85. The molecule has 96 valence electrons. The van der Waals surface area contributed by atoms with Crippen molar-refractivity contribution in [2.75, 3.05) is 0 Å². The van der Waals surface area contributed by atoms with E-state index in [1.165, 1.54) is 12.1 Å². The van der Waals surface area contributed by atoms with Crippen LogP contribution < -0.4 is 0 Å². The van der Waals surface area contributed by atoms with Crippen molar-refractivity contribution in [3.05, 3.63) is 57.7 Å². The molecule has 0 amide bonds. The molecule has 0 aliphatic rings. The Balaban J connectivity index is 2.65. The molecule has 1 heterocycles. The van der Waals surface area contributed by atoms with Gasteiger partial charge in [-0.3, -0.25) is 0 Å². The van der Waals surface area contributed by atoms with E-state index >= 15 is 0 Å². The van der Waals surface area contributed by atoms with Crippen molar-refractivity contribution < 1.29 is 4.39 Å². The minimum absolute atomic E-state index is 0.214. The van der Waals surface area contributed by atoms with Gasteiger partial charge in [-0.05, 0) is 62.8 Å². The highest BCUT2D eigenvalue weighted by Crippen LogP contribution is 2.36. The fraction of sp³-hybridized carbons (Fsp3) is 0.200. The summed E-state index contributed by atoms with van der Waals surface area (Å²) in [5.74, 6) is 0.244. The Bertz CT molecular complexity index is 660. The minimum Gasteiger partial charge on any atom is -0.361 e. The lowest BCUT2D eigenvalue weighted by Gasteiger charge is -2.13. The van der Waals surface area contributed by atoms with Crippen molar-refractivity contribution in [2.24, 2.45) is 0 Å². The Morgan fingerprint density at radius 2 is 2.05 bits per heavy atom. The number of halogens is 2. The summed E-state index contributed by atoms with van der Waals surface area (Å²) in [4.78, 5) is 7.23. The molecule has 0 saturated heterocycles. The molecule has 0 fully saturated rings. The van der Waals surface area contributed by atoms with Gasteiger partial charge in [0.25, 0.3) is 5.82 Å². The number of nitrogens with zero attached hydrogens (tertiary/aromatic N) is 2. The largest absolute Gasteiger partial charge is 0.361 e. The Morgan fingerprint density at radius 1 is 1.32 bits per heavy atom. The zero-order valence-electron chi connectivity index (χ0n) is 10.6. The number of aromatic nitrogens is 1. The van der Waals surface area contributed by atoms with E-state index in [2.05, 4.69) is 25.8 Å². The van der Waals surface area contributed by atoms with Crippen molar-refractivity contribution in [1.29, 1.82) is 0 Å². The first kappa shape index (κ1) is 13.7. The van der Waals surface area contributed by atoms with E-state index in [4.69, 9.17) is 6.57 Å². The third-order valence-electron chi connectivity index (χ3n) is 2.86. The van der Waals surface area contributed by atoms with Crippen molar-refractivity contribution in [2.45, 2.75) is 19.8 Å². The molecule has 2 rings (SSSR count). The van der Waals surface area contributed by atoms with Crippen LogP contribution in [0.3, 0.4) is 0 Å². The highest BCUT2D eigenvalue weighted by molar-refractivity contribution is 9.10. The first-order valence-corrected chi connectivity index (χ1v) is 6.65. The van der Waals surface area contributed by atoms with Gasteiger partial charge in [0.2, 0.25) is 0 Å². The average molecular weight is 319 g/mol. The molecule has 0 bridgehead atoms. The lowest BCUT2D eigenvalue weighted by atomic mass is 9.97. The van der Waals surface area contributed by atoms with Crippen LogP contribution in [0.5, 0.6) is 0 Å². The average Bonchev–Trinajstić information content (AvgIpc) is 2.40. The van der Waals surface area contributed by atoms with Gasteiger partial charge in [-0.25, -0.2) is 4.39 Å². The summed E-state index contributed by atoms with van der Waals surface area (Å²) in [7, 11) is 0. The summed E-state index contributed by atoms with van der Waals surface area (Å²) in [5, 5.41) is 0. The van der Waals surface area contributed by atoms with Crippen LogP contribution in [0.2, 0.25) is 0 Å². The maximum absolute atomic E-state index is 13.7. The molecule has 0 atom stereocenters. The molecule has 4 heteroatoms. The van der Waals surface area contributed by atoms with Crippen molar-refractivity contribution >= 4 is 21.7 Å². The van der Waals surface area contributed by atoms with E-state index in [1.807, 2.05) is 13.8 Å². The molecule has 1 aromatic heterocycles. The van der Waals surface area contributed by atoms with Gasteiger partial charge in [0.1, 0.15) is 12.0 Å². The van der Waals surface area contributed by atoms with Crippen LogP contribution >= 0.6 is 15.9 Å². The Morgan fingerprint density at radius 3 is 2.68 bits per heavy atom. The van der Waals surface area contributed by atoms with Gasteiger partial charge in [0, 0.05) is 4.47 Å². The molecule has 0 radical (unpaired) electrons. The molecule has 0 aliphatic heterocycles. The second-order valence-electron chi connectivity index (χ2n) is 4.53. The van der Waals surface area contributed by atoms with Crippen LogP contribution in [0, 0.1) is 12.4 Å². The molecule has 19 heavy (non-hydrogen) atoms. The normalized spacial score (nSPS) is 10.5. The number of pyridine rings is 1. The predicted molar refractivity (Wildman–Crippen MR) is 77.7 cm³/mol. The fourth-order valence-electron chi connectivity index (χ4n) is 1.89. The van der Waals surface area contributed by atoms with Gasteiger partial charge in [0.05, 0.1) is 0 Å². The van der Waals surface area contributed by atoms with Crippen molar-refractivity contribution in [3.63, 3.8) is 0 Å². The summed E-state index contributed by atoms with van der Waals surface area (Å²) >= 11 is 3.53. The number of hydrogen-bond donors (Lipinski definition) is 0. The number of hydrogen-bond acceptors (Lipinski definition) is 1. The third kappa shape index (κ3) is 2.82. The van der Waals surface area contributed by atoms with Crippen LogP contribution in [-0.2, 0) is 0 Å². The smallest absolute Gasteiger partial charge is 0.270 e. The highest BCUT2D eigenvalue weighted by Gasteiger charge is 2.13. The Hall–Kier alpha value is -1.73. The molecular formula is C15H12BrFN2. The van der Waals surface area contributed by atoms with Gasteiger partial charge in [-0.15, -0.1) is 4.98 Å². The lowest BCUT2D eigenvalue weighted by Crippen LogP contribution is -1.94. The number of rotatable bonds is 2. The van der Waals surface area contributed by atoms with Gasteiger partial charge in [-0.2, -0.15) is 0 Å². The molecule has 0 aliphatic carbocycles. The topological polar surface area (TPSA) is 17.2 Å². The minimum atomic E-state index is -0.275.